The van der Waals surface area contributed by atoms with Crippen molar-refractivity contribution in [1.82, 2.24) is 20.2 Å². The lowest BCUT2D eigenvalue weighted by atomic mass is 9.89. The molecule has 0 bridgehead atoms. The van der Waals surface area contributed by atoms with E-state index in [0.29, 0.717) is 67.5 Å². The minimum atomic E-state index is -4.94. The molecule has 2 amide bonds. The van der Waals surface area contributed by atoms with Crippen LogP contribution in [0.4, 0.5) is 4.79 Å². The average Bonchev–Trinajstić information content (AvgIpc) is 1.02. The number of unbranched alkanes of at least 4 members (excludes halogenated alkanes) is 3. The number of phenolic OH excluding ortho intramolecular Hbond substituents is 1. The lowest BCUT2D eigenvalue weighted by molar-refractivity contribution is -0.0636. The average molecular weight is 1290 g/mol. The molecular formula is C65H65N4O22P. The van der Waals surface area contributed by atoms with Gasteiger partial charge in [-0.25, -0.2) is 28.5 Å². The summed E-state index contributed by atoms with van der Waals surface area (Å²) in [5.41, 5.74) is 0.0532. The number of alkyl carbamates (subject to hydrolysis) is 1. The number of fused-ring (bicyclic) bond motifs is 2. The van der Waals surface area contributed by atoms with Gasteiger partial charge in [0.2, 0.25) is 0 Å². The zero-order chi connectivity index (χ0) is 65.0. The molecule has 26 nitrogen and oxygen atoms in total. The van der Waals surface area contributed by atoms with Crippen LogP contribution in [0.15, 0.2) is 171 Å². The molecule has 2 aliphatic heterocycles. The van der Waals surface area contributed by atoms with Gasteiger partial charge in [0.1, 0.15) is 48.3 Å². The second-order valence-electron chi connectivity index (χ2n) is 20.6. The van der Waals surface area contributed by atoms with E-state index in [0.717, 1.165) is 16.8 Å². The number of carbonyl (C=O) groups excluding carboxylic acids is 4. The maximum absolute atomic E-state index is 15.1. The van der Waals surface area contributed by atoms with Gasteiger partial charge in [0.15, 0.2) is 17.8 Å². The molecule has 1 saturated heterocycles. The summed E-state index contributed by atoms with van der Waals surface area (Å²) in [4.78, 5) is 106. The van der Waals surface area contributed by atoms with E-state index in [2.05, 4.69) is 15.6 Å². The highest BCUT2D eigenvalue weighted by atomic mass is 31.2. The number of hydrogen-bond acceptors (Lipinski definition) is 21. The number of aromatic carboxylic acids is 1. The molecule has 1 aliphatic carbocycles. The Morgan fingerprint density at radius 3 is 2.05 bits per heavy atom. The van der Waals surface area contributed by atoms with Crippen molar-refractivity contribution in [3.8, 4) is 33.9 Å². The molecule has 1 aromatic heterocycles. The van der Waals surface area contributed by atoms with Gasteiger partial charge < -0.3 is 62.9 Å². The number of carboxylic acid groups (broad SMARTS) is 1. The number of amides is 2. The van der Waals surface area contributed by atoms with Gasteiger partial charge in [-0.15, -0.1) is 0 Å². The lowest BCUT2D eigenvalue weighted by Gasteiger charge is -2.28. The largest absolute Gasteiger partial charge is 0.530 e. The number of rotatable bonds is 32. The highest BCUT2D eigenvalue weighted by Gasteiger charge is 2.54. The van der Waals surface area contributed by atoms with Crippen LogP contribution in [0, 0.1) is 0 Å². The van der Waals surface area contributed by atoms with E-state index in [1.54, 1.807) is 42.5 Å². The van der Waals surface area contributed by atoms with Gasteiger partial charge in [0.25, 0.3) is 11.5 Å². The maximum Gasteiger partial charge on any atom is 0.530 e. The number of carbonyl (C=O) groups is 5. The number of nitrogens with one attached hydrogen (secondary N) is 3. The van der Waals surface area contributed by atoms with Crippen molar-refractivity contribution in [1.29, 1.82) is 0 Å². The van der Waals surface area contributed by atoms with Crippen LogP contribution in [0.5, 0.6) is 11.5 Å². The van der Waals surface area contributed by atoms with Crippen LogP contribution < -0.4 is 31.8 Å². The van der Waals surface area contributed by atoms with Gasteiger partial charge in [0, 0.05) is 66.7 Å². The predicted molar refractivity (Wildman–Crippen MR) is 329 cm³/mol. The number of aromatic amines is 1. The van der Waals surface area contributed by atoms with E-state index in [9.17, 15) is 48.6 Å². The molecule has 5 N–H and O–H groups in total. The molecule has 5 aromatic carbocycles. The fraction of sp³-hybridized carbons (Fsp3) is 0.292. The van der Waals surface area contributed by atoms with Crippen LogP contribution in [-0.4, -0.2) is 134 Å². The Hall–Kier alpha value is -9.79. The summed E-state index contributed by atoms with van der Waals surface area (Å²) < 4.78 is 79.5. The molecule has 27 heteroatoms. The fourth-order valence-electron chi connectivity index (χ4n) is 9.73. The first-order valence-corrected chi connectivity index (χ1v) is 30.6. The normalized spacial score (nSPS) is 15.9. The van der Waals surface area contributed by atoms with Crippen molar-refractivity contribution in [2.24, 2.45) is 0 Å². The third kappa shape index (κ3) is 18.0. The zero-order valence-corrected chi connectivity index (χ0v) is 50.5. The third-order valence-corrected chi connectivity index (χ3v) is 15.6. The van der Waals surface area contributed by atoms with Crippen LogP contribution in [0.2, 0.25) is 0 Å². The lowest BCUT2D eigenvalue weighted by Crippen LogP contribution is -2.42. The number of ether oxygens (including phenoxy) is 7. The van der Waals surface area contributed by atoms with Gasteiger partial charge in [-0.2, -0.15) is 0 Å². The van der Waals surface area contributed by atoms with Crippen molar-refractivity contribution in [2.45, 2.75) is 56.8 Å². The van der Waals surface area contributed by atoms with Crippen molar-refractivity contribution in [3.05, 3.63) is 211 Å². The summed E-state index contributed by atoms with van der Waals surface area (Å²) in [5, 5.41) is 26.4. The number of phosphoric acid groups is 1. The molecule has 0 radical (unpaired) electrons. The first-order valence-electron chi connectivity index (χ1n) is 29.1. The Bertz CT molecular complexity index is 4050. The minimum Gasteiger partial charge on any atom is -0.508 e. The quantitative estimate of drug-likeness (QED) is 0.00870. The molecular weight excluding hydrogens is 1220 g/mol. The first kappa shape index (κ1) is 66.6. The number of nitrogens with zero attached hydrogens (tertiary/aromatic N) is 1. The van der Waals surface area contributed by atoms with Gasteiger partial charge in [-0.1, -0.05) is 61.4 Å². The fourth-order valence-corrected chi connectivity index (χ4v) is 11.1. The van der Waals surface area contributed by atoms with E-state index in [-0.39, 0.29) is 89.1 Å². The highest BCUT2D eigenvalue weighted by molar-refractivity contribution is 7.49. The molecule has 6 aromatic rings. The van der Waals surface area contributed by atoms with E-state index < -0.39 is 86.7 Å². The second kappa shape index (κ2) is 32.3. The SMILES string of the molecule is COCCOCCOCCOP(=O)(Oc1ccc(COC(=O)NCCCCCCNC(=O)c2ccc(C(=O)O)c(-c3c4ccc(=O)cc-4oc4cc(O)ccc34)c2)cc1)O[C@@H]1[C@H](OC(=O)c2ccccc2)[C@H](n2ccc(=O)[nH]c2=O)O[C@@H]1COC(=O)c1ccccc1. The standard InChI is InChI=1S/C65H65N4O22P/c1-81-30-31-82-32-33-83-34-35-86-92(80,91-57-54(40-84-62(76)42-12-6-4-7-13-42)88-60(69-29-26-55(72)68-64(69)78)58(57)89-63(77)43-14-8-5-9-15-43)90-47-21-16-41(17-22-47)39-85-65(79)67-28-11-3-2-10-27-66-59(73)44-18-23-48(61(74)75)51(36-44)56-49-24-19-45(70)37-52(49)87-53-38-46(71)20-25-50(53)56/h4-9,12-26,29,36-38,54,57-58,60,70H,2-3,10-11,27-28,30-35,39-40H2,1H3,(H,66,73)(H,67,79)(H,74,75)(H,68,72,78)/t54-,57+,58+,60-,92?/m1/s1. The maximum atomic E-state index is 15.1. The summed E-state index contributed by atoms with van der Waals surface area (Å²) in [6.07, 6.45) is -3.46. The molecule has 3 heterocycles. The van der Waals surface area contributed by atoms with Gasteiger partial charge in [-0.3, -0.25) is 33.0 Å². The van der Waals surface area contributed by atoms with Crippen LogP contribution in [0.3, 0.4) is 0 Å². The van der Waals surface area contributed by atoms with Gasteiger partial charge in [0.05, 0.1) is 56.3 Å². The molecule has 1 unspecified atom stereocenters. The number of H-pyrrole nitrogens is 1. The van der Waals surface area contributed by atoms with Crippen molar-refractivity contribution >= 4 is 48.7 Å². The summed E-state index contributed by atoms with van der Waals surface area (Å²) in [6.45, 7) is 0.259. The van der Waals surface area contributed by atoms with Crippen LogP contribution in [0.1, 0.15) is 78.9 Å². The Balaban J connectivity index is 0.802. The number of benzene rings is 6. The molecule has 3 aliphatic rings. The second-order valence-corrected chi connectivity index (χ2v) is 22.2. The van der Waals surface area contributed by atoms with Crippen LogP contribution in [0.25, 0.3) is 33.4 Å². The zero-order valence-electron chi connectivity index (χ0n) is 49.6. The number of aromatic nitrogens is 2. The number of hydrogen-bond donors (Lipinski definition) is 5. The topological polar surface area (TPSA) is 344 Å². The smallest absolute Gasteiger partial charge is 0.508 e. The van der Waals surface area contributed by atoms with Crippen LogP contribution in [-0.2, 0) is 53.4 Å². The van der Waals surface area contributed by atoms with E-state index in [1.807, 2.05) is 0 Å². The predicted octanol–water partition coefficient (Wildman–Crippen LogP) is 8.28. The number of aromatic hydroxyl groups is 1. The summed E-state index contributed by atoms with van der Waals surface area (Å²) in [5.74, 6) is -3.38. The number of esters is 2. The van der Waals surface area contributed by atoms with Crippen molar-refractivity contribution in [3.63, 3.8) is 0 Å². The number of carboxylic acids is 1. The van der Waals surface area contributed by atoms with Crippen molar-refractivity contribution < 1.29 is 89.9 Å². The first-order chi connectivity index (χ1) is 44.6. The molecule has 5 atom stereocenters. The number of phenols is 1. The Morgan fingerprint density at radius 1 is 0.674 bits per heavy atom. The van der Waals surface area contributed by atoms with Crippen molar-refractivity contribution in [2.75, 3.05) is 66.4 Å². The Morgan fingerprint density at radius 2 is 1.36 bits per heavy atom. The molecule has 482 valence electrons. The summed E-state index contributed by atoms with van der Waals surface area (Å²) in [6, 6.07) is 35.4. The monoisotopic (exact) mass is 1280 g/mol. The van der Waals surface area contributed by atoms with Crippen LogP contribution >= 0.6 is 7.82 Å². The Labute approximate surface area is 524 Å². The van der Waals surface area contributed by atoms with Gasteiger partial charge in [-0.05, 0) is 103 Å². The van der Waals surface area contributed by atoms with E-state index in [4.69, 9.17) is 51.1 Å². The van der Waals surface area contributed by atoms with E-state index >= 15 is 4.57 Å². The third-order valence-electron chi connectivity index (χ3n) is 14.2. The molecule has 92 heavy (non-hydrogen) atoms. The molecule has 9 rings (SSSR count). The summed E-state index contributed by atoms with van der Waals surface area (Å²) >= 11 is 0. The number of phosphoric ester groups is 1. The van der Waals surface area contributed by atoms with Gasteiger partial charge >= 0.3 is 37.5 Å². The molecule has 0 spiro atoms. The minimum absolute atomic E-state index is 0.0681. The molecule has 0 saturated carbocycles. The Kier molecular flexibility index (Phi) is 23.4. The molecule has 1 fully saturated rings. The summed E-state index contributed by atoms with van der Waals surface area (Å²) in [7, 11) is -3.41. The number of methoxy groups -OCH3 is 1. The van der Waals surface area contributed by atoms with E-state index in [1.165, 1.54) is 104 Å². The highest BCUT2D eigenvalue weighted by Crippen LogP contribution is 2.54.